The van der Waals surface area contributed by atoms with Gasteiger partial charge in [0.25, 0.3) is 0 Å². The maximum absolute atomic E-state index is 12.4. The van der Waals surface area contributed by atoms with Gasteiger partial charge in [0.05, 0.1) is 12.2 Å². The summed E-state index contributed by atoms with van der Waals surface area (Å²) in [7, 11) is 0. The molecule has 1 saturated heterocycles. The van der Waals surface area contributed by atoms with Crippen LogP contribution < -0.4 is 5.32 Å². The van der Waals surface area contributed by atoms with Crippen LogP contribution in [0, 0.1) is 0 Å². The van der Waals surface area contributed by atoms with Crippen molar-refractivity contribution >= 4 is 17.7 Å². The van der Waals surface area contributed by atoms with E-state index in [1.54, 1.807) is 0 Å². The molecule has 1 fully saturated rings. The molecule has 1 N–H and O–H groups in total. The fourth-order valence-electron chi connectivity index (χ4n) is 1.86. The van der Waals surface area contributed by atoms with Crippen molar-refractivity contribution in [2.24, 2.45) is 0 Å². The summed E-state index contributed by atoms with van der Waals surface area (Å²) in [5.41, 5.74) is -0.557. The Labute approximate surface area is 118 Å². The smallest absolute Gasteiger partial charge is 0.416 e. The van der Waals surface area contributed by atoms with E-state index in [2.05, 4.69) is 5.32 Å². The van der Waals surface area contributed by atoms with E-state index in [-0.39, 0.29) is 12.2 Å². The zero-order valence-corrected chi connectivity index (χ0v) is 10.9. The number of nitrogens with one attached hydrogen (secondary N) is 1. The summed E-state index contributed by atoms with van der Waals surface area (Å²) in [4.78, 5) is 24.3. The maximum Gasteiger partial charge on any atom is 0.416 e. The number of carbonyl (C=O) groups is 2. The Kier molecular flexibility index (Phi) is 4.35. The SMILES string of the molecule is O=C(CN1CCCOC1=O)Nc1ccc(C(F)(F)F)cc1. The molecular formula is C13H13F3N2O3. The van der Waals surface area contributed by atoms with Gasteiger partial charge in [0.15, 0.2) is 0 Å². The molecule has 0 aliphatic carbocycles. The van der Waals surface area contributed by atoms with E-state index in [4.69, 9.17) is 4.74 Å². The van der Waals surface area contributed by atoms with E-state index in [1.807, 2.05) is 0 Å². The number of benzene rings is 1. The van der Waals surface area contributed by atoms with E-state index < -0.39 is 23.7 Å². The number of hydrogen-bond donors (Lipinski definition) is 1. The molecule has 2 amide bonds. The summed E-state index contributed by atoms with van der Waals surface area (Å²) in [6, 6.07) is 4.08. The van der Waals surface area contributed by atoms with Gasteiger partial charge in [-0.15, -0.1) is 0 Å². The lowest BCUT2D eigenvalue weighted by Crippen LogP contribution is -2.42. The van der Waals surface area contributed by atoms with Crippen molar-refractivity contribution in [3.8, 4) is 0 Å². The minimum Gasteiger partial charge on any atom is -0.449 e. The van der Waals surface area contributed by atoms with Crippen molar-refractivity contribution < 1.29 is 27.5 Å². The van der Waals surface area contributed by atoms with Gasteiger partial charge in [-0.1, -0.05) is 0 Å². The number of anilines is 1. The Morgan fingerprint density at radius 2 is 1.95 bits per heavy atom. The number of cyclic esters (lactones) is 1. The molecule has 0 spiro atoms. The van der Waals surface area contributed by atoms with Crippen LogP contribution in [0.5, 0.6) is 0 Å². The predicted octanol–water partition coefficient (Wildman–Crippen LogP) is 2.49. The van der Waals surface area contributed by atoms with Crippen LogP contribution in [0.1, 0.15) is 12.0 Å². The molecule has 5 nitrogen and oxygen atoms in total. The summed E-state index contributed by atoms with van der Waals surface area (Å²) >= 11 is 0. The average Bonchev–Trinajstić information content (AvgIpc) is 2.41. The van der Waals surface area contributed by atoms with Crippen molar-refractivity contribution in [1.29, 1.82) is 0 Å². The van der Waals surface area contributed by atoms with E-state index >= 15 is 0 Å². The molecule has 0 radical (unpaired) electrons. The molecule has 1 aromatic carbocycles. The molecule has 2 rings (SSSR count). The first kappa shape index (κ1) is 15.1. The van der Waals surface area contributed by atoms with Crippen LogP contribution in [-0.2, 0) is 15.7 Å². The molecule has 0 unspecified atom stereocenters. The Balaban J connectivity index is 1.92. The Bertz CT molecular complexity index is 528. The number of ether oxygens (including phenoxy) is 1. The van der Waals surface area contributed by atoms with Gasteiger partial charge >= 0.3 is 12.3 Å². The van der Waals surface area contributed by atoms with Gasteiger partial charge in [-0.3, -0.25) is 9.69 Å². The third kappa shape index (κ3) is 4.11. The highest BCUT2D eigenvalue weighted by atomic mass is 19.4. The van der Waals surface area contributed by atoms with E-state index in [0.717, 1.165) is 24.3 Å². The van der Waals surface area contributed by atoms with Crippen LogP contribution in [-0.4, -0.2) is 36.6 Å². The molecular weight excluding hydrogens is 289 g/mol. The number of nitrogens with zero attached hydrogens (tertiary/aromatic N) is 1. The van der Waals surface area contributed by atoms with E-state index in [0.29, 0.717) is 19.6 Å². The van der Waals surface area contributed by atoms with E-state index in [9.17, 15) is 22.8 Å². The van der Waals surface area contributed by atoms with Crippen molar-refractivity contribution in [2.75, 3.05) is 25.0 Å². The number of rotatable bonds is 3. The van der Waals surface area contributed by atoms with Crippen LogP contribution >= 0.6 is 0 Å². The molecule has 1 aliphatic rings. The van der Waals surface area contributed by atoms with Crippen molar-refractivity contribution in [3.63, 3.8) is 0 Å². The molecule has 1 aliphatic heterocycles. The molecule has 0 saturated carbocycles. The fraction of sp³-hybridized carbons (Fsp3) is 0.385. The molecule has 1 heterocycles. The van der Waals surface area contributed by atoms with Gasteiger partial charge in [-0.05, 0) is 30.7 Å². The van der Waals surface area contributed by atoms with Crippen molar-refractivity contribution in [3.05, 3.63) is 29.8 Å². The zero-order chi connectivity index (χ0) is 15.5. The lowest BCUT2D eigenvalue weighted by Gasteiger charge is -2.25. The molecule has 0 atom stereocenters. The van der Waals surface area contributed by atoms with Gasteiger partial charge in [0.1, 0.15) is 6.54 Å². The molecule has 114 valence electrons. The highest BCUT2D eigenvalue weighted by Gasteiger charge is 2.30. The number of amides is 2. The topological polar surface area (TPSA) is 58.6 Å². The number of alkyl halides is 3. The van der Waals surface area contributed by atoms with Gasteiger partial charge < -0.3 is 10.1 Å². The fourth-order valence-corrected chi connectivity index (χ4v) is 1.86. The van der Waals surface area contributed by atoms with Crippen LogP contribution in [0.4, 0.5) is 23.7 Å². The van der Waals surface area contributed by atoms with Crippen LogP contribution in [0.2, 0.25) is 0 Å². The summed E-state index contributed by atoms with van der Waals surface area (Å²) in [6.07, 6.45) is -4.34. The lowest BCUT2D eigenvalue weighted by atomic mass is 10.2. The van der Waals surface area contributed by atoms with Crippen molar-refractivity contribution in [1.82, 2.24) is 4.90 Å². The minimum atomic E-state index is -4.42. The van der Waals surface area contributed by atoms with Crippen LogP contribution in [0.3, 0.4) is 0 Å². The second kappa shape index (κ2) is 6.02. The Morgan fingerprint density at radius 3 is 2.52 bits per heavy atom. The van der Waals surface area contributed by atoms with Crippen LogP contribution in [0.25, 0.3) is 0 Å². The third-order valence-electron chi connectivity index (χ3n) is 2.89. The number of hydrogen-bond acceptors (Lipinski definition) is 3. The molecule has 0 bridgehead atoms. The highest BCUT2D eigenvalue weighted by Crippen LogP contribution is 2.29. The molecule has 0 aromatic heterocycles. The maximum atomic E-state index is 12.4. The van der Waals surface area contributed by atoms with Gasteiger partial charge in [-0.2, -0.15) is 13.2 Å². The highest BCUT2D eigenvalue weighted by molar-refractivity contribution is 5.93. The van der Waals surface area contributed by atoms with Crippen molar-refractivity contribution in [2.45, 2.75) is 12.6 Å². The quantitative estimate of drug-likeness (QED) is 0.933. The molecule has 8 heteroatoms. The first-order valence-electron chi connectivity index (χ1n) is 6.25. The predicted molar refractivity (Wildman–Crippen MR) is 67.6 cm³/mol. The largest absolute Gasteiger partial charge is 0.449 e. The number of carbonyl (C=O) groups excluding carboxylic acids is 2. The Morgan fingerprint density at radius 1 is 1.29 bits per heavy atom. The van der Waals surface area contributed by atoms with E-state index in [1.165, 1.54) is 4.90 Å². The first-order chi connectivity index (χ1) is 9.86. The third-order valence-corrected chi connectivity index (χ3v) is 2.89. The van der Waals surface area contributed by atoms with Gasteiger partial charge in [-0.25, -0.2) is 4.79 Å². The summed E-state index contributed by atoms with van der Waals surface area (Å²) in [5, 5.41) is 2.43. The zero-order valence-electron chi connectivity index (χ0n) is 10.9. The molecule has 1 aromatic rings. The van der Waals surface area contributed by atoms with Gasteiger partial charge in [0.2, 0.25) is 5.91 Å². The lowest BCUT2D eigenvalue weighted by molar-refractivity contribution is -0.137. The first-order valence-corrected chi connectivity index (χ1v) is 6.25. The summed E-state index contributed by atoms with van der Waals surface area (Å²) in [5.74, 6) is -0.492. The summed E-state index contributed by atoms with van der Waals surface area (Å²) in [6.45, 7) is 0.551. The standard InChI is InChI=1S/C13H13F3N2O3/c14-13(15,16)9-2-4-10(5-3-9)17-11(19)8-18-6-1-7-21-12(18)20/h2-5H,1,6-8H2,(H,17,19). The summed E-state index contributed by atoms with van der Waals surface area (Å²) < 4.78 is 41.9. The average molecular weight is 302 g/mol. The second-order valence-electron chi connectivity index (χ2n) is 4.51. The second-order valence-corrected chi connectivity index (χ2v) is 4.51. The van der Waals surface area contributed by atoms with Gasteiger partial charge in [0, 0.05) is 12.2 Å². The minimum absolute atomic E-state index is 0.195. The van der Waals surface area contributed by atoms with Crippen LogP contribution in [0.15, 0.2) is 24.3 Å². The number of halogens is 3. The Hall–Kier alpha value is -2.25. The normalized spacial score (nSPS) is 15.6. The molecule has 21 heavy (non-hydrogen) atoms. The monoisotopic (exact) mass is 302 g/mol.